The summed E-state index contributed by atoms with van der Waals surface area (Å²) in [7, 11) is 0. The number of nitrogens with two attached hydrogens (primary N) is 1. The molecule has 110 valence electrons. The largest absolute Gasteiger partial charge is 0.352 e. The van der Waals surface area contributed by atoms with Crippen molar-refractivity contribution in [1.82, 2.24) is 10.6 Å². The first-order valence-electron chi connectivity index (χ1n) is 7.21. The second kappa shape index (κ2) is 6.89. The second-order valence-corrected chi connectivity index (χ2v) is 6.05. The molecule has 1 unspecified atom stereocenters. The summed E-state index contributed by atoms with van der Waals surface area (Å²) in [6.07, 6.45) is 5.49. The fraction of sp³-hybridized carbons (Fsp3) is 0.857. The minimum Gasteiger partial charge on any atom is -0.352 e. The molecule has 0 aromatic rings. The van der Waals surface area contributed by atoms with Crippen molar-refractivity contribution in [2.24, 2.45) is 5.73 Å². The first kappa shape index (κ1) is 16.0. The highest BCUT2D eigenvalue weighted by Gasteiger charge is 2.30. The van der Waals surface area contributed by atoms with Crippen LogP contribution in [0.4, 0.5) is 0 Å². The predicted octanol–water partition coefficient (Wildman–Crippen LogP) is 1.07. The van der Waals surface area contributed by atoms with Crippen molar-refractivity contribution in [3.05, 3.63) is 0 Å². The van der Waals surface area contributed by atoms with Crippen LogP contribution in [0.25, 0.3) is 0 Å². The molecule has 0 heterocycles. The lowest BCUT2D eigenvalue weighted by Gasteiger charge is -2.33. The molecule has 5 heteroatoms. The van der Waals surface area contributed by atoms with E-state index in [9.17, 15) is 9.59 Å². The summed E-state index contributed by atoms with van der Waals surface area (Å²) < 4.78 is 0. The molecular formula is C14H27N3O2. The minimum absolute atomic E-state index is 0.0750. The molecule has 0 aromatic carbocycles. The van der Waals surface area contributed by atoms with Crippen LogP contribution in [0.15, 0.2) is 0 Å². The SMILES string of the molecule is CC(C)NC(=O)C(C)NC(=O)CC1(N)CCCCC1. The number of amides is 2. The standard InChI is InChI=1S/C14H27N3O2/c1-10(2)16-13(19)11(3)17-12(18)9-14(15)7-5-4-6-8-14/h10-11H,4-9,15H2,1-3H3,(H,16,19)(H,17,18). The Balaban J connectivity index is 2.39. The monoisotopic (exact) mass is 269 g/mol. The van der Waals surface area contributed by atoms with E-state index >= 15 is 0 Å². The number of rotatable bonds is 5. The van der Waals surface area contributed by atoms with E-state index in [1.165, 1.54) is 6.42 Å². The summed E-state index contributed by atoms with van der Waals surface area (Å²) in [5, 5.41) is 5.50. The molecule has 4 N–H and O–H groups in total. The molecule has 0 spiro atoms. The van der Waals surface area contributed by atoms with Gasteiger partial charge in [0.15, 0.2) is 0 Å². The van der Waals surface area contributed by atoms with Crippen molar-refractivity contribution in [3.63, 3.8) is 0 Å². The number of hydrogen-bond donors (Lipinski definition) is 3. The maximum absolute atomic E-state index is 11.9. The van der Waals surface area contributed by atoms with Crippen molar-refractivity contribution in [3.8, 4) is 0 Å². The van der Waals surface area contributed by atoms with Crippen LogP contribution in [-0.4, -0.2) is 29.4 Å². The van der Waals surface area contributed by atoms with E-state index in [-0.39, 0.29) is 23.4 Å². The summed E-state index contributed by atoms with van der Waals surface area (Å²) in [4.78, 5) is 23.6. The van der Waals surface area contributed by atoms with E-state index in [1.807, 2.05) is 13.8 Å². The Labute approximate surface area is 115 Å². The van der Waals surface area contributed by atoms with Crippen LogP contribution in [0.2, 0.25) is 0 Å². The molecule has 0 saturated heterocycles. The first-order chi connectivity index (χ1) is 8.82. The fourth-order valence-corrected chi connectivity index (χ4v) is 2.52. The molecule has 19 heavy (non-hydrogen) atoms. The van der Waals surface area contributed by atoms with E-state index in [2.05, 4.69) is 10.6 Å². The smallest absolute Gasteiger partial charge is 0.242 e. The van der Waals surface area contributed by atoms with E-state index in [0.29, 0.717) is 6.42 Å². The van der Waals surface area contributed by atoms with Crippen molar-refractivity contribution in [2.75, 3.05) is 0 Å². The lowest BCUT2D eigenvalue weighted by Crippen LogP contribution is -2.51. The van der Waals surface area contributed by atoms with Crippen molar-refractivity contribution in [1.29, 1.82) is 0 Å². The molecule has 1 fully saturated rings. The lowest BCUT2D eigenvalue weighted by atomic mass is 9.80. The van der Waals surface area contributed by atoms with E-state index < -0.39 is 6.04 Å². The summed E-state index contributed by atoms with van der Waals surface area (Å²) in [5.74, 6) is -0.283. The molecule has 1 saturated carbocycles. The van der Waals surface area contributed by atoms with Crippen LogP contribution in [0.3, 0.4) is 0 Å². The molecular weight excluding hydrogens is 242 g/mol. The van der Waals surface area contributed by atoms with E-state index in [1.54, 1.807) is 6.92 Å². The van der Waals surface area contributed by atoms with Crippen molar-refractivity contribution in [2.45, 2.75) is 76.9 Å². The van der Waals surface area contributed by atoms with Gasteiger partial charge in [-0.1, -0.05) is 19.3 Å². The zero-order valence-corrected chi connectivity index (χ0v) is 12.3. The van der Waals surface area contributed by atoms with Gasteiger partial charge in [0.2, 0.25) is 11.8 Å². The Morgan fingerprint density at radius 2 is 1.68 bits per heavy atom. The average Bonchev–Trinajstić information content (AvgIpc) is 2.27. The van der Waals surface area contributed by atoms with Gasteiger partial charge in [0.05, 0.1) is 0 Å². The number of hydrogen-bond acceptors (Lipinski definition) is 3. The highest BCUT2D eigenvalue weighted by atomic mass is 16.2. The second-order valence-electron chi connectivity index (χ2n) is 6.05. The topological polar surface area (TPSA) is 84.2 Å². The van der Waals surface area contributed by atoms with Gasteiger partial charge in [0, 0.05) is 18.0 Å². The Kier molecular flexibility index (Phi) is 5.79. The van der Waals surface area contributed by atoms with Gasteiger partial charge in [-0.2, -0.15) is 0 Å². The van der Waals surface area contributed by atoms with Gasteiger partial charge in [0.25, 0.3) is 0 Å². The van der Waals surface area contributed by atoms with Crippen molar-refractivity contribution >= 4 is 11.8 Å². The third-order valence-corrected chi connectivity index (χ3v) is 3.56. The van der Waals surface area contributed by atoms with Gasteiger partial charge in [-0.05, 0) is 33.6 Å². The van der Waals surface area contributed by atoms with Crippen LogP contribution in [0.5, 0.6) is 0 Å². The third kappa shape index (κ3) is 5.59. The Morgan fingerprint density at radius 1 is 1.11 bits per heavy atom. The van der Waals surface area contributed by atoms with Crippen LogP contribution in [-0.2, 0) is 9.59 Å². The molecule has 0 aliphatic heterocycles. The summed E-state index contributed by atoms with van der Waals surface area (Å²) in [6, 6.07) is -0.437. The van der Waals surface area contributed by atoms with Crippen molar-refractivity contribution < 1.29 is 9.59 Å². The van der Waals surface area contributed by atoms with Gasteiger partial charge in [0.1, 0.15) is 6.04 Å². The van der Waals surface area contributed by atoms with Gasteiger partial charge in [-0.15, -0.1) is 0 Å². The number of carbonyl (C=O) groups excluding carboxylic acids is 2. The third-order valence-electron chi connectivity index (χ3n) is 3.56. The molecule has 1 atom stereocenters. The molecule has 0 bridgehead atoms. The zero-order valence-electron chi connectivity index (χ0n) is 12.3. The maximum Gasteiger partial charge on any atom is 0.242 e. The summed E-state index contributed by atoms with van der Waals surface area (Å²) in [5.41, 5.74) is 5.85. The molecule has 0 aromatic heterocycles. The average molecular weight is 269 g/mol. The van der Waals surface area contributed by atoms with Crippen LogP contribution < -0.4 is 16.4 Å². The highest BCUT2D eigenvalue weighted by Crippen LogP contribution is 2.28. The fourth-order valence-electron chi connectivity index (χ4n) is 2.52. The zero-order chi connectivity index (χ0) is 14.5. The molecule has 1 rings (SSSR count). The maximum atomic E-state index is 11.9. The van der Waals surface area contributed by atoms with Crippen LogP contribution in [0, 0.1) is 0 Å². The summed E-state index contributed by atoms with van der Waals surface area (Å²) >= 11 is 0. The Bertz CT molecular complexity index is 323. The highest BCUT2D eigenvalue weighted by molar-refractivity contribution is 5.87. The van der Waals surface area contributed by atoms with E-state index in [0.717, 1.165) is 25.7 Å². The molecule has 1 aliphatic rings. The molecule has 5 nitrogen and oxygen atoms in total. The van der Waals surface area contributed by atoms with Crippen LogP contribution in [0.1, 0.15) is 59.3 Å². The van der Waals surface area contributed by atoms with Gasteiger partial charge in [-0.25, -0.2) is 0 Å². The number of nitrogens with one attached hydrogen (secondary N) is 2. The Hall–Kier alpha value is -1.10. The lowest BCUT2D eigenvalue weighted by molar-refractivity contribution is -0.129. The number of carbonyl (C=O) groups is 2. The molecule has 2 amide bonds. The first-order valence-corrected chi connectivity index (χ1v) is 7.21. The van der Waals surface area contributed by atoms with Gasteiger partial charge >= 0.3 is 0 Å². The predicted molar refractivity (Wildman–Crippen MR) is 75.5 cm³/mol. The summed E-state index contributed by atoms with van der Waals surface area (Å²) in [6.45, 7) is 5.48. The Morgan fingerprint density at radius 3 is 2.21 bits per heavy atom. The van der Waals surface area contributed by atoms with Gasteiger partial charge < -0.3 is 16.4 Å². The van der Waals surface area contributed by atoms with E-state index in [4.69, 9.17) is 5.73 Å². The quantitative estimate of drug-likeness (QED) is 0.698. The molecule has 1 aliphatic carbocycles. The molecule has 0 radical (unpaired) electrons. The van der Waals surface area contributed by atoms with Gasteiger partial charge in [-0.3, -0.25) is 9.59 Å². The normalized spacial score (nSPS) is 19.8. The van der Waals surface area contributed by atoms with Crippen LogP contribution >= 0.6 is 0 Å². The minimum atomic E-state index is -0.512.